The zero-order chi connectivity index (χ0) is 45.9. The van der Waals surface area contributed by atoms with Crippen LogP contribution in [-0.2, 0) is 85.1 Å². The summed E-state index contributed by atoms with van der Waals surface area (Å²) in [7, 11) is -53.3. The molecule has 0 saturated carbocycles. The van der Waals surface area contributed by atoms with Crippen LogP contribution in [0, 0.1) is 0 Å². The van der Waals surface area contributed by atoms with E-state index in [-0.39, 0.29) is 0 Å². The highest BCUT2D eigenvalue weighted by Crippen LogP contribution is 2.62. The van der Waals surface area contributed by atoms with Gasteiger partial charge in [-0.25, -0.2) is 0 Å². The largest absolute Gasteiger partial charge is 0.480 e. The van der Waals surface area contributed by atoms with Gasteiger partial charge < -0.3 is 61.2 Å². The van der Waals surface area contributed by atoms with Crippen molar-refractivity contribution in [2.75, 3.05) is 5.75 Å². The molecule has 0 aromatic heterocycles. The van der Waals surface area contributed by atoms with Crippen LogP contribution < -0.4 is 5.73 Å². The molecule has 0 bridgehead atoms. The lowest BCUT2D eigenvalue weighted by atomic mass is 9.73. The number of carbonyl (C=O) groups is 1. The molecular weight excluding hydrogens is 979 g/mol. The Morgan fingerprint density at radius 3 is 1.21 bits per heavy atom. The van der Waals surface area contributed by atoms with E-state index in [4.69, 9.17) is 10.8 Å². The predicted octanol–water partition coefficient (Wildman–Crippen LogP) is -11.4. The van der Waals surface area contributed by atoms with Gasteiger partial charge in [0.15, 0.2) is 17.1 Å². The van der Waals surface area contributed by atoms with E-state index in [9.17, 15) is 136 Å². The normalized spacial score (nSPS) is 39.5. The molecule has 2 heterocycles. The SMILES string of the molecule is N[C@@H](CS[C@@H]1O[C@H](C(O)S(=O)(=O)O)[C@](O)([C@@H]2O[C@H](C(O)S(=O)(=O)O)[C@](O)(S(=O)(=O)O)[C@@](O)(S(=O)(=O)O)[C@]2(O)S(=O)(=O)O)[C@@](O)(S(=O)(=O)O)[C@]1(O)S(=O)(=O)O)C(=O)O. The molecule has 2 fully saturated rings. The van der Waals surface area contributed by atoms with E-state index < -0.39 is 165 Å². The fourth-order valence-corrected chi connectivity index (χ4v) is 15.5. The van der Waals surface area contributed by atoms with Crippen LogP contribution in [0.4, 0.5) is 0 Å². The lowest BCUT2D eigenvalue weighted by Gasteiger charge is -2.64. The minimum Gasteiger partial charge on any atom is -0.480 e. The molecule has 18 N–H and O–H groups in total. The van der Waals surface area contributed by atoms with E-state index >= 15 is 0 Å². The average molecular weight is 1010 g/mol. The number of thioether (sulfide) groups is 1. The van der Waals surface area contributed by atoms with Gasteiger partial charge in [0.05, 0.1) is 0 Å². The Kier molecular flexibility index (Phi) is 13.1. The molecule has 0 radical (unpaired) electrons. The fourth-order valence-electron chi connectivity index (χ4n) is 5.62. The zero-order valence-corrected chi connectivity index (χ0v) is 32.7. The maximum atomic E-state index is 13.1. The summed E-state index contributed by atoms with van der Waals surface area (Å²) in [5.41, 5.74) is -14.9. The summed E-state index contributed by atoms with van der Waals surface area (Å²) in [6, 6.07) is -2.45. The summed E-state index contributed by atoms with van der Waals surface area (Å²) in [4.78, 5) is -21.8. The highest BCUT2D eigenvalue weighted by molar-refractivity contribution is 8.01. The van der Waals surface area contributed by atoms with Crippen LogP contribution in [0.5, 0.6) is 0 Å². The number of hydrogen-bond donors (Lipinski definition) is 17. The topological polar surface area (TPSA) is 624 Å². The predicted molar refractivity (Wildman–Crippen MR) is 168 cm³/mol. The molecule has 0 aromatic carbocycles. The monoisotopic (exact) mass is 1000 g/mol. The first-order chi connectivity index (χ1) is 24.6. The van der Waals surface area contributed by atoms with Gasteiger partial charge in [-0.1, -0.05) is 0 Å². The van der Waals surface area contributed by atoms with E-state index in [1.54, 1.807) is 0 Å². The van der Waals surface area contributed by atoms with Crippen molar-refractivity contribution in [1.29, 1.82) is 0 Å². The first-order valence-electron chi connectivity index (χ1n) is 13.0. The third kappa shape index (κ3) is 7.07. The molecule has 2 rings (SSSR count). The van der Waals surface area contributed by atoms with E-state index in [1.165, 1.54) is 0 Å². The highest BCUT2D eigenvalue weighted by atomic mass is 32.3. The van der Waals surface area contributed by atoms with Crippen molar-refractivity contribution in [3.63, 3.8) is 0 Å². The maximum Gasteiger partial charge on any atom is 0.321 e. The summed E-state index contributed by atoms with van der Waals surface area (Å²) < 4.78 is 254. The Morgan fingerprint density at radius 1 is 0.561 bits per heavy atom. The Hall–Kier alpha value is -1.25. The van der Waals surface area contributed by atoms with Crippen LogP contribution in [0.15, 0.2) is 0 Å². The van der Waals surface area contributed by atoms with Gasteiger partial charge in [0, 0.05) is 5.75 Å². The van der Waals surface area contributed by atoms with Crippen LogP contribution in [0.2, 0.25) is 0 Å². The smallest absolute Gasteiger partial charge is 0.321 e. The van der Waals surface area contributed by atoms with Gasteiger partial charge in [-0.05, 0) is 0 Å². The lowest BCUT2D eigenvalue weighted by Crippen LogP contribution is -2.95. The molecule has 2 aliphatic rings. The van der Waals surface area contributed by atoms with Gasteiger partial charge in [-0.2, -0.15) is 58.9 Å². The molecule has 2 saturated heterocycles. The van der Waals surface area contributed by atoms with Crippen LogP contribution in [0.3, 0.4) is 0 Å². The van der Waals surface area contributed by atoms with Gasteiger partial charge in [-0.15, -0.1) is 11.8 Å². The van der Waals surface area contributed by atoms with E-state index in [0.717, 1.165) is 0 Å². The summed E-state index contributed by atoms with van der Waals surface area (Å²) in [5.74, 6) is -3.77. The Bertz CT molecular complexity index is 2450. The van der Waals surface area contributed by atoms with Gasteiger partial charge in [0.25, 0.3) is 44.9 Å². The van der Waals surface area contributed by atoms with Crippen molar-refractivity contribution in [3.05, 3.63) is 0 Å². The number of aliphatic hydroxyl groups excluding tert-OH is 2. The number of nitrogens with two attached hydrogens (primary N) is 1. The number of carboxylic acid groups (broad SMARTS) is 1. The van der Waals surface area contributed by atoms with E-state index in [1.807, 2.05) is 0 Å². The van der Waals surface area contributed by atoms with E-state index in [2.05, 4.69) is 9.47 Å². The molecule has 2 unspecified atom stereocenters. The summed E-state index contributed by atoms with van der Waals surface area (Å²) in [6.45, 7) is 0. The van der Waals surface area contributed by atoms with Crippen molar-refractivity contribution in [3.8, 4) is 0 Å². The third-order valence-corrected chi connectivity index (χ3v) is 18.5. The molecule has 2 aliphatic heterocycles. The van der Waals surface area contributed by atoms with Gasteiger partial charge in [-0.3, -0.25) is 36.7 Å². The molecular formula is C15H27NO33S8. The fraction of sp³-hybridized carbons (Fsp3) is 0.933. The van der Waals surface area contributed by atoms with Gasteiger partial charge >= 0.3 is 56.6 Å². The number of carboxylic acids is 1. The van der Waals surface area contributed by atoms with Crippen molar-refractivity contribution >= 4 is 88.6 Å². The number of rotatable bonds is 14. The first-order valence-corrected chi connectivity index (χ1v) is 24.3. The Labute approximate surface area is 320 Å². The van der Waals surface area contributed by atoms with Gasteiger partial charge in [0.1, 0.15) is 18.2 Å². The molecule has 338 valence electrons. The second-order valence-corrected chi connectivity index (χ2v) is 23.4. The van der Waals surface area contributed by atoms with Crippen LogP contribution in [0.25, 0.3) is 0 Å². The summed E-state index contributed by atoms with van der Waals surface area (Å²) in [5, 5.41) is 98.7. The Morgan fingerprint density at radius 2 is 0.912 bits per heavy atom. The molecule has 0 aliphatic carbocycles. The maximum absolute atomic E-state index is 13.1. The zero-order valence-electron chi connectivity index (χ0n) is 26.2. The van der Waals surface area contributed by atoms with Crippen molar-refractivity contribution in [2.45, 2.75) is 70.9 Å². The summed E-state index contributed by atoms with van der Waals surface area (Å²) >= 11 is -0.926. The quantitative estimate of drug-likeness (QED) is 0.0719. The number of ether oxygens (including phenoxy) is 2. The molecule has 0 spiro atoms. The standard InChI is InChI=1S/C15H27NO33S8/c16-2(5(17)18)1-50-9-13(24,55(39,40)41)14(25,56(42,43)44)10(21,3(49-9)6(19)51(27,28)29)8-12(23,54(36,37)38)15(26,57(45,46)47)11(22,53(33,34)35)4(48-8)7(20)52(30,31)32/h2-4,6-9,19-26H,1,16H2,(H,17,18)(H,27,28,29)(H,30,31,32)(H,33,34,35)(H,36,37,38)(H,39,40,41)(H,42,43,44)(H,45,46,47)/t2-,3+,4+,6?,7?,8-,9-,10-,11-,12+,13+,14+,15+/m0/s1. The molecule has 0 aromatic rings. The minimum atomic E-state index is -8.13. The van der Waals surface area contributed by atoms with Crippen LogP contribution >= 0.6 is 11.8 Å². The number of aliphatic carboxylic acids is 1. The van der Waals surface area contributed by atoms with Crippen LogP contribution in [-0.4, -0.2) is 219 Å². The van der Waals surface area contributed by atoms with Crippen molar-refractivity contribution in [1.82, 2.24) is 0 Å². The van der Waals surface area contributed by atoms with Crippen LogP contribution in [0.1, 0.15) is 0 Å². The lowest BCUT2D eigenvalue weighted by molar-refractivity contribution is -0.375. The third-order valence-electron chi connectivity index (χ3n) is 8.25. The molecule has 57 heavy (non-hydrogen) atoms. The molecule has 13 atom stereocenters. The van der Waals surface area contributed by atoms with E-state index in [0.29, 0.717) is 0 Å². The number of hydrogen-bond acceptors (Lipinski definition) is 27. The minimum absolute atomic E-state index is 0.926. The average Bonchev–Trinajstić information content (AvgIpc) is 2.97. The second kappa shape index (κ2) is 14.4. The highest BCUT2D eigenvalue weighted by Gasteiger charge is 2.95. The second-order valence-electron chi connectivity index (χ2n) is 11.5. The molecule has 34 nitrogen and oxygen atoms in total. The molecule has 0 amide bonds. The van der Waals surface area contributed by atoms with Gasteiger partial charge in [0.2, 0.25) is 10.9 Å². The summed E-state index contributed by atoms with van der Waals surface area (Å²) in [6.07, 6.45) is -15.6. The number of aliphatic hydroxyl groups is 8. The van der Waals surface area contributed by atoms with Crippen molar-refractivity contribution in [2.24, 2.45) is 5.73 Å². The van der Waals surface area contributed by atoms with Crippen molar-refractivity contribution < 1.29 is 151 Å². The Balaban J connectivity index is 3.74. The molecule has 42 heteroatoms. The first kappa shape index (κ1) is 51.9.